The summed E-state index contributed by atoms with van der Waals surface area (Å²) in [5, 5.41) is 20.0. The van der Waals surface area contributed by atoms with Crippen molar-refractivity contribution >= 4 is 21.7 Å². The molecular formula is C16H10O4. The topological polar surface area (TPSA) is 70.7 Å². The van der Waals surface area contributed by atoms with Crippen molar-refractivity contribution in [1.29, 1.82) is 0 Å². The Labute approximate surface area is 113 Å². The van der Waals surface area contributed by atoms with Crippen LogP contribution in [0.4, 0.5) is 0 Å². The zero-order valence-electron chi connectivity index (χ0n) is 10.4. The first kappa shape index (κ1) is 12.3. The summed E-state index contributed by atoms with van der Waals surface area (Å²) in [6, 6.07) is 9.85. The van der Waals surface area contributed by atoms with E-state index in [0.29, 0.717) is 16.5 Å². The third kappa shape index (κ3) is 2.00. The standard InChI is InChI=1S/C16H10O4/c17-7-1-2-10-3-5-13-12-6-4-11(18)9-14(12)16(19)20-15(13)8-10/h3-6,8-9,17-18H,7H2. The Morgan fingerprint density at radius 3 is 2.65 bits per heavy atom. The van der Waals surface area contributed by atoms with Crippen molar-refractivity contribution in [1.82, 2.24) is 0 Å². The molecule has 3 aromatic rings. The van der Waals surface area contributed by atoms with E-state index in [1.807, 2.05) is 0 Å². The molecule has 0 amide bonds. The second kappa shape index (κ2) is 4.72. The summed E-state index contributed by atoms with van der Waals surface area (Å²) in [5.74, 6) is 5.33. The van der Waals surface area contributed by atoms with E-state index in [0.717, 1.165) is 10.8 Å². The van der Waals surface area contributed by atoms with Gasteiger partial charge in [0, 0.05) is 16.3 Å². The largest absolute Gasteiger partial charge is 0.508 e. The van der Waals surface area contributed by atoms with Gasteiger partial charge >= 0.3 is 5.63 Å². The lowest BCUT2D eigenvalue weighted by molar-refractivity contribution is 0.350. The van der Waals surface area contributed by atoms with Crippen LogP contribution >= 0.6 is 0 Å². The van der Waals surface area contributed by atoms with Crippen molar-refractivity contribution in [3.05, 3.63) is 52.4 Å². The second-order valence-corrected chi connectivity index (χ2v) is 4.29. The monoisotopic (exact) mass is 266 g/mol. The Morgan fingerprint density at radius 2 is 1.85 bits per heavy atom. The number of benzene rings is 2. The lowest BCUT2D eigenvalue weighted by Gasteiger charge is -2.03. The minimum Gasteiger partial charge on any atom is -0.508 e. The molecule has 0 atom stereocenters. The van der Waals surface area contributed by atoms with Crippen LogP contribution < -0.4 is 5.63 Å². The van der Waals surface area contributed by atoms with E-state index >= 15 is 0 Å². The summed E-state index contributed by atoms with van der Waals surface area (Å²) >= 11 is 0. The highest BCUT2D eigenvalue weighted by atomic mass is 16.4. The summed E-state index contributed by atoms with van der Waals surface area (Å²) in [6.45, 7) is -0.223. The zero-order chi connectivity index (χ0) is 14.1. The van der Waals surface area contributed by atoms with Gasteiger partial charge in [0.15, 0.2) is 0 Å². The summed E-state index contributed by atoms with van der Waals surface area (Å²) in [6.07, 6.45) is 0. The van der Waals surface area contributed by atoms with Crippen LogP contribution in [0, 0.1) is 11.8 Å². The molecular weight excluding hydrogens is 256 g/mol. The van der Waals surface area contributed by atoms with Gasteiger partial charge in [-0.2, -0.15) is 0 Å². The number of hydrogen-bond acceptors (Lipinski definition) is 4. The third-order valence-electron chi connectivity index (χ3n) is 3.01. The minimum atomic E-state index is -0.504. The average molecular weight is 266 g/mol. The molecule has 4 nitrogen and oxygen atoms in total. The zero-order valence-corrected chi connectivity index (χ0v) is 10.4. The first-order chi connectivity index (χ1) is 9.69. The highest BCUT2D eigenvalue weighted by Crippen LogP contribution is 2.25. The van der Waals surface area contributed by atoms with E-state index in [4.69, 9.17) is 9.52 Å². The van der Waals surface area contributed by atoms with Gasteiger partial charge in [0.05, 0.1) is 5.39 Å². The lowest BCUT2D eigenvalue weighted by Crippen LogP contribution is -1.99. The Kier molecular flexibility index (Phi) is 2.90. The normalized spacial score (nSPS) is 10.4. The molecule has 0 saturated heterocycles. The van der Waals surface area contributed by atoms with E-state index in [9.17, 15) is 9.90 Å². The number of phenols is 1. The van der Waals surface area contributed by atoms with Crippen molar-refractivity contribution in [2.24, 2.45) is 0 Å². The lowest BCUT2D eigenvalue weighted by atomic mass is 10.1. The maximum absolute atomic E-state index is 11.9. The fourth-order valence-corrected chi connectivity index (χ4v) is 2.14. The molecule has 3 rings (SSSR count). The molecule has 2 N–H and O–H groups in total. The number of rotatable bonds is 0. The first-order valence-corrected chi connectivity index (χ1v) is 5.98. The van der Waals surface area contributed by atoms with Crippen molar-refractivity contribution in [2.75, 3.05) is 6.61 Å². The van der Waals surface area contributed by atoms with Crippen molar-refractivity contribution in [3.8, 4) is 17.6 Å². The number of aliphatic hydroxyl groups excluding tert-OH is 1. The molecule has 2 aromatic carbocycles. The molecule has 0 aliphatic rings. The van der Waals surface area contributed by atoms with Gasteiger partial charge in [-0.25, -0.2) is 4.79 Å². The quantitative estimate of drug-likeness (QED) is 0.371. The number of phenolic OH excluding ortho intramolecular Hbond substituents is 1. The first-order valence-electron chi connectivity index (χ1n) is 5.98. The summed E-state index contributed by atoms with van der Waals surface area (Å²) in [5.41, 5.74) is 0.585. The van der Waals surface area contributed by atoms with Crippen LogP contribution in [-0.2, 0) is 0 Å². The Bertz CT molecular complexity index is 926. The second-order valence-electron chi connectivity index (χ2n) is 4.29. The Balaban J connectivity index is 2.36. The smallest absolute Gasteiger partial charge is 0.344 e. The van der Waals surface area contributed by atoms with E-state index < -0.39 is 5.63 Å². The Hall–Kier alpha value is -2.77. The fraction of sp³-hybridized carbons (Fsp3) is 0.0625. The molecule has 0 aliphatic carbocycles. The molecule has 0 saturated carbocycles. The summed E-state index contributed by atoms with van der Waals surface area (Å²) < 4.78 is 5.25. The molecule has 0 bridgehead atoms. The maximum Gasteiger partial charge on any atom is 0.344 e. The predicted molar refractivity (Wildman–Crippen MR) is 75.6 cm³/mol. The van der Waals surface area contributed by atoms with Crippen molar-refractivity contribution in [2.45, 2.75) is 0 Å². The third-order valence-corrected chi connectivity index (χ3v) is 3.01. The molecule has 1 aromatic heterocycles. The van der Waals surface area contributed by atoms with Crippen LogP contribution in [0.1, 0.15) is 5.56 Å². The molecule has 0 unspecified atom stereocenters. The van der Waals surface area contributed by atoms with Crippen molar-refractivity contribution < 1.29 is 14.6 Å². The van der Waals surface area contributed by atoms with Gasteiger partial charge in [0.2, 0.25) is 0 Å². The average Bonchev–Trinajstić information content (AvgIpc) is 2.45. The number of hydrogen-bond donors (Lipinski definition) is 2. The van der Waals surface area contributed by atoms with Gasteiger partial charge in [-0.15, -0.1) is 0 Å². The molecule has 20 heavy (non-hydrogen) atoms. The number of fused-ring (bicyclic) bond motifs is 3. The maximum atomic E-state index is 11.9. The molecule has 0 fully saturated rings. The van der Waals surface area contributed by atoms with Gasteiger partial charge in [-0.3, -0.25) is 0 Å². The van der Waals surface area contributed by atoms with Gasteiger partial charge in [-0.1, -0.05) is 11.8 Å². The van der Waals surface area contributed by atoms with Crippen LogP contribution in [0.15, 0.2) is 45.6 Å². The minimum absolute atomic E-state index is 0.0228. The molecule has 98 valence electrons. The van der Waals surface area contributed by atoms with E-state index in [-0.39, 0.29) is 12.4 Å². The molecule has 1 heterocycles. The summed E-state index contributed by atoms with van der Waals surface area (Å²) in [4.78, 5) is 11.9. The van der Waals surface area contributed by atoms with E-state index in [2.05, 4.69) is 11.8 Å². The van der Waals surface area contributed by atoms with Gasteiger partial charge < -0.3 is 14.6 Å². The molecule has 0 spiro atoms. The molecule has 4 heteroatoms. The Morgan fingerprint density at radius 1 is 1.05 bits per heavy atom. The van der Waals surface area contributed by atoms with Gasteiger partial charge in [0.25, 0.3) is 0 Å². The highest BCUT2D eigenvalue weighted by Gasteiger charge is 2.08. The highest BCUT2D eigenvalue weighted by molar-refractivity contribution is 6.04. The predicted octanol–water partition coefficient (Wildman–Crippen LogP) is 2.00. The molecule has 0 aliphatic heterocycles. The van der Waals surface area contributed by atoms with Crippen LogP contribution in [0.3, 0.4) is 0 Å². The van der Waals surface area contributed by atoms with E-state index in [1.54, 1.807) is 24.3 Å². The van der Waals surface area contributed by atoms with Crippen LogP contribution in [0.25, 0.3) is 21.7 Å². The summed E-state index contributed by atoms with van der Waals surface area (Å²) in [7, 11) is 0. The van der Waals surface area contributed by atoms with Crippen LogP contribution in [0.5, 0.6) is 5.75 Å². The van der Waals surface area contributed by atoms with Crippen LogP contribution in [-0.4, -0.2) is 16.8 Å². The van der Waals surface area contributed by atoms with Crippen LogP contribution in [0.2, 0.25) is 0 Å². The molecule has 0 radical (unpaired) electrons. The van der Waals surface area contributed by atoms with Gasteiger partial charge in [-0.05, 0) is 36.4 Å². The SMILES string of the molecule is O=c1oc2cc(C#CCO)ccc2c2ccc(O)cc12. The van der Waals surface area contributed by atoms with Gasteiger partial charge in [0.1, 0.15) is 17.9 Å². The number of aromatic hydroxyl groups is 1. The number of aliphatic hydroxyl groups is 1. The van der Waals surface area contributed by atoms with Crippen molar-refractivity contribution in [3.63, 3.8) is 0 Å². The fourth-order valence-electron chi connectivity index (χ4n) is 2.14. The van der Waals surface area contributed by atoms with E-state index in [1.165, 1.54) is 12.1 Å².